The molecule has 14 heavy (non-hydrogen) atoms. The van der Waals surface area contributed by atoms with Crippen LogP contribution in [0.25, 0.3) is 0 Å². The van der Waals surface area contributed by atoms with Gasteiger partial charge in [0, 0.05) is 0 Å². The van der Waals surface area contributed by atoms with E-state index in [9.17, 15) is 4.39 Å². The third-order valence-electron chi connectivity index (χ3n) is 2.35. The Kier molecular flexibility index (Phi) is 4.08. The fourth-order valence-electron chi connectivity index (χ4n) is 1.26. The second kappa shape index (κ2) is 5.11. The Hall–Kier alpha value is -0.890. The molecule has 1 rings (SSSR count). The van der Waals surface area contributed by atoms with Crippen LogP contribution in [0.1, 0.15) is 38.9 Å². The van der Waals surface area contributed by atoms with Gasteiger partial charge in [-0.05, 0) is 38.0 Å². The highest BCUT2D eigenvalue weighted by molar-refractivity contribution is 5.18. The lowest BCUT2D eigenvalue weighted by Crippen LogP contribution is -2.10. The highest BCUT2D eigenvalue weighted by atomic mass is 19.1. The van der Waals surface area contributed by atoms with Gasteiger partial charge >= 0.3 is 0 Å². The predicted octanol–water partition coefficient (Wildman–Crippen LogP) is 3.70. The van der Waals surface area contributed by atoms with Gasteiger partial charge in [-0.15, -0.1) is 0 Å². The molecule has 0 radical (unpaired) electrons. The van der Waals surface area contributed by atoms with Crippen LogP contribution in [-0.2, 0) is 4.74 Å². The highest BCUT2D eigenvalue weighted by Crippen LogP contribution is 2.19. The molecule has 1 nitrogen and oxygen atoms in total. The van der Waals surface area contributed by atoms with Gasteiger partial charge < -0.3 is 4.74 Å². The molecule has 0 heterocycles. The van der Waals surface area contributed by atoms with Crippen molar-refractivity contribution in [2.24, 2.45) is 0 Å². The van der Waals surface area contributed by atoms with E-state index >= 15 is 0 Å². The monoisotopic (exact) mass is 196 g/mol. The van der Waals surface area contributed by atoms with Crippen LogP contribution in [0.2, 0.25) is 0 Å². The summed E-state index contributed by atoms with van der Waals surface area (Å²) >= 11 is 0. The first kappa shape index (κ1) is 11.2. The summed E-state index contributed by atoms with van der Waals surface area (Å²) in [6, 6.07) is 6.46. The van der Waals surface area contributed by atoms with Crippen molar-refractivity contribution in [3.05, 3.63) is 35.6 Å². The van der Waals surface area contributed by atoms with Crippen molar-refractivity contribution >= 4 is 0 Å². The van der Waals surface area contributed by atoms with Crippen molar-refractivity contribution in [1.82, 2.24) is 0 Å². The molecule has 0 amide bonds. The van der Waals surface area contributed by atoms with Crippen LogP contribution in [0.4, 0.5) is 4.39 Å². The lowest BCUT2D eigenvalue weighted by Gasteiger charge is -2.18. The first-order chi connectivity index (χ1) is 6.63. The molecular formula is C12H17FO. The maximum atomic E-state index is 12.6. The zero-order valence-electron chi connectivity index (χ0n) is 8.96. The second-order valence-corrected chi connectivity index (χ2v) is 3.55. The molecule has 0 fully saturated rings. The summed E-state index contributed by atoms with van der Waals surface area (Å²) in [5, 5.41) is 0. The summed E-state index contributed by atoms with van der Waals surface area (Å²) in [5.41, 5.74) is 1.02. The maximum absolute atomic E-state index is 12.6. The average Bonchev–Trinajstić information content (AvgIpc) is 2.18. The molecule has 78 valence electrons. The van der Waals surface area contributed by atoms with Crippen molar-refractivity contribution in [2.45, 2.75) is 39.4 Å². The second-order valence-electron chi connectivity index (χ2n) is 3.55. The fourth-order valence-corrected chi connectivity index (χ4v) is 1.26. The van der Waals surface area contributed by atoms with E-state index < -0.39 is 0 Å². The van der Waals surface area contributed by atoms with Gasteiger partial charge in [0.1, 0.15) is 5.82 Å². The summed E-state index contributed by atoms with van der Waals surface area (Å²) in [4.78, 5) is 0. The van der Waals surface area contributed by atoms with Crippen LogP contribution >= 0.6 is 0 Å². The highest BCUT2D eigenvalue weighted by Gasteiger charge is 2.08. The molecular weight excluding hydrogens is 179 g/mol. The number of hydrogen-bond donors (Lipinski definition) is 0. The van der Waals surface area contributed by atoms with Gasteiger partial charge in [0.05, 0.1) is 12.2 Å². The van der Waals surface area contributed by atoms with Gasteiger partial charge in [0.15, 0.2) is 0 Å². The van der Waals surface area contributed by atoms with E-state index in [0.29, 0.717) is 0 Å². The third-order valence-corrected chi connectivity index (χ3v) is 2.35. The quantitative estimate of drug-likeness (QED) is 0.713. The van der Waals surface area contributed by atoms with Crippen LogP contribution < -0.4 is 0 Å². The van der Waals surface area contributed by atoms with E-state index in [-0.39, 0.29) is 18.0 Å². The summed E-state index contributed by atoms with van der Waals surface area (Å²) < 4.78 is 18.3. The molecule has 0 spiro atoms. The zero-order valence-corrected chi connectivity index (χ0v) is 8.96. The maximum Gasteiger partial charge on any atom is 0.123 e. The smallest absolute Gasteiger partial charge is 0.123 e. The van der Waals surface area contributed by atoms with E-state index in [0.717, 1.165) is 12.0 Å². The standard InChI is InChI=1S/C12H17FO/c1-4-9(2)14-10(3)11-5-7-12(13)8-6-11/h5-10H,4H2,1-3H3. The molecule has 2 heteroatoms. The van der Waals surface area contributed by atoms with Crippen LogP contribution in [0, 0.1) is 5.82 Å². The minimum Gasteiger partial charge on any atom is -0.371 e. The number of benzene rings is 1. The summed E-state index contributed by atoms with van der Waals surface area (Å²) in [6.45, 7) is 6.11. The molecule has 2 atom stereocenters. The van der Waals surface area contributed by atoms with Gasteiger partial charge in [-0.2, -0.15) is 0 Å². The van der Waals surface area contributed by atoms with Gasteiger partial charge in [-0.1, -0.05) is 19.1 Å². The SMILES string of the molecule is CCC(C)OC(C)c1ccc(F)cc1. The summed E-state index contributed by atoms with van der Waals surface area (Å²) in [7, 11) is 0. The van der Waals surface area contributed by atoms with Crippen molar-refractivity contribution in [3.63, 3.8) is 0 Å². The van der Waals surface area contributed by atoms with Crippen molar-refractivity contribution in [1.29, 1.82) is 0 Å². The van der Waals surface area contributed by atoms with Gasteiger partial charge in [-0.3, -0.25) is 0 Å². The minimum atomic E-state index is -0.204. The summed E-state index contributed by atoms with van der Waals surface area (Å²) in [5.74, 6) is -0.204. The topological polar surface area (TPSA) is 9.23 Å². The molecule has 0 aliphatic rings. The minimum absolute atomic E-state index is 0.0329. The Morgan fingerprint density at radius 1 is 1.21 bits per heavy atom. The molecule has 1 aromatic carbocycles. The van der Waals surface area contributed by atoms with E-state index in [1.54, 1.807) is 12.1 Å². The lowest BCUT2D eigenvalue weighted by molar-refractivity contribution is 0.00545. The Balaban J connectivity index is 2.60. The molecule has 0 aromatic heterocycles. The van der Waals surface area contributed by atoms with E-state index in [1.807, 2.05) is 13.8 Å². The van der Waals surface area contributed by atoms with Crippen LogP contribution in [-0.4, -0.2) is 6.10 Å². The number of rotatable bonds is 4. The largest absolute Gasteiger partial charge is 0.371 e. The number of ether oxygens (including phenoxy) is 1. The van der Waals surface area contributed by atoms with E-state index in [4.69, 9.17) is 4.74 Å². The Morgan fingerprint density at radius 3 is 2.29 bits per heavy atom. The zero-order chi connectivity index (χ0) is 10.6. The Bertz CT molecular complexity index is 268. The van der Waals surface area contributed by atoms with Gasteiger partial charge in [0.2, 0.25) is 0 Å². The Morgan fingerprint density at radius 2 is 1.79 bits per heavy atom. The van der Waals surface area contributed by atoms with Crippen molar-refractivity contribution in [2.75, 3.05) is 0 Å². The first-order valence-electron chi connectivity index (χ1n) is 5.04. The first-order valence-corrected chi connectivity index (χ1v) is 5.04. The van der Waals surface area contributed by atoms with Crippen LogP contribution in [0.3, 0.4) is 0 Å². The molecule has 0 saturated carbocycles. The molecule has 0 N–H and O–H groups in total. The molecule has 1 aromatic rings. The normalized spacial score (nSPS) is 15.1. The van der Waals surface area contributed by atoms with Gasteiger partial charge in [0.25, 0.3) is 0 Å². The van der Waals surface area contributed by atoms with Crippen molar-refractivity contribution < 1.29 is 9.13 Å². The van der Waals surface area contributed by atoms with E-state index in [1.165, 1.54) is 12.1 Å². The third kappa shape index (κ3) is 3.11. The number of halogens is 1. The van der Waals surface area contributed by atoms with Crippen LogP contribution in [0.5, 0.6) is 0 Å². The lowest BCUT2D eigenvalue weighted by atomic mass is 10.1. The fraction of sp³-hybridized carbons (Fsp3) is 0.500. The molecule has 0 saturated heterocycles. The molecule has 0 bridgehead atoms. The molecule has 0 aliphatic carbocycles. The molecule has 2 unspecified atom stereocenters. The van der Waals surface area contributed by atoms with Crippen LogP contribution in [0.15, 0.2) is 24.3 Å². The van der Waals surface area contributed by atoms with E-state index in [2.05, 4.69) is 6.92 Å². The summed E-state index contributed by atoms with van der Waals surface area (Å²) in [6.07, 6.45) is 1.27. The average molecular weight is 196 g/mol. The Labute approximate surface area is 84.9 Å². The van der Waals surface area contributed by atoms with Gasteiger partial charge in [-0.25, -0.2) is 4.39 Å². The predicted molar refractivity (Wildman–Crippen MR) is 55.7 cm³/mol. The van der Waals surface area contributed by atoms with Crippen molar-refractivity contribution in [3.8, 4) is 0 Å². The molecule has 0 aliphatic heterocycles. The number of hydrogen-bond acceptors (Lipinski definition) is 1.